The Morgan fingerprint density at radius 3 is 1.95 bits per heavy atom. The van der Waals surface area contributed by atoms with Crippen molar-refractivity contribution in [3.05, 3.63) is 35.4 Å². The molecule has 0 heterocycles. The van der Waals surface area contributed by atoms with Crippen LogP contribution in [0.5, 0.6) is 0 Å². The Labute approximate surface area is 117 Å². The Hall–Kier alpha value is -0.900. The van der Waals surface area contributed by atoms with Crippen LogP contribution in [0, 0.1) is 0 Å². The Kier molecular flexibility index (Phi) is 7.72. The summed E-state index contributed by atoms with van der Waals surface area (Å²) in [7, 11) is 0. The first-order valence-electron chi connectivity index (χ1n) is 7.32. The molecular weight excluding hydrogens is 238 g/mol. The van der Waals surface area contributed by atoms with Crippen LogP contribution in [0.2, 0.25) is 0 Å². The molecule has 0 aliphatic rings. The summed E-state index contributed by atoms with van der Waals surface area (Å²) in [4.78, 5) is 0. The van der Waals surface area contributed by atoms with Gasteiger partial charge in [-0.2, -0.15) is 0 Å². The SMILES string of the molecule is CCNC(c1ccc(CC)cc1)C(OCC)OCC. The number of hydrogen-bond acceptors (Lipinski definition) is 3. The lowest BCUT2D eigenvalue weighted by molar-refractivity contribution is -0.155. The molecule has 108 valence electrons. The number of benzene rings is 1. The van der Waals surface area contributed by atoms with E-state index in [0.717, 1.165) is 13.0 Å². The molecule has 0 aliphatic heterocycles. The molecule has 0 fully saturated rings. The number of likely N-dealkylation sites (N-methyl/N-ethyl adjacent to an activating group) is 1. The summed E-state index contributed by atoms with van der Waals surface area (Å²) in [6, 6.07) is 8.76. The number of aryl methyl sites for hydroxylation is 1. The van der Waals surface area contributed by atoms with E-state index in [-0.39, 0.29) is 12.3 Å². The van der Waals surface area contributed by atoms with Gasteiger partial charge in [-0.05, 0) is 37.9 Å². The highest BCUT2D eigenvalue weighted by molar-refractivity contribution is 5.25. The van der Waals surface area contributed by atoms with Crippen molar-refractivity contribution in [1.82, 2.24) is 5.32 Å². The molecule has 1 aromatic carbocycles. The van der Waals surface area contributed by atoms with E-state index in [1.165, 1.54) is 11.1 Å². The molecule has 0 bridgehead atoms. The quantitative estimate of drug-likeness (QED) is 0.695. The molecular formula is C16H27NO2. The van der Waals surface area contributed by atoms with E-state index in [2.05, 4.69) is 43.4 Å². The number of nitrogens with one attached hydrogen (secondary N) is 1. The largest absolute Gasteiger partial charge is 0.351 e. The summed E-state index contributed by atoms with van der Waals surface area (Å²) in [5.74, 6) is 0. The smallest absolute Gasteiger partial charge is 0.176 e. The van der Waals surface area contributed by atoms with Gasteiger partial charge in [-0.1, -0.05) is 38.1 Å². The number of ether oxygens (including phenoxy) is 2. The van der Waals surface area contributed by atoms with Crippen molar-refractivity contribution in [3.63, 3.8) is 0 Å². The van der Waals surface area contributed by atoms with Crippen molar-refractivity contribution in [3.8, 4) is 0 Å². The molecule has 1 rings (SSSR count). The van der Waals surface area contributed by atoms with Crippen molar-refractivity contribution in [2.45, 2.75) is 46.4 Å². The second-order valence-electron chi connectivity index (χ2n) is 4.41. The number of hydrogen-bond donors (Lipinski definition) is 1. The maximum absolute atomic E-state index is 5.72. The van der Waals surface area contributed by atoms with E-state index in [1.54, 1.807) is 0 Å². The van der Waals surface area contributed by atoms with Crippen molar-refractivity contribution < 1.29 is 9.47 Å². The summed E-state index contributed by atoms with van der Waals surface area (Å²) in [5.41, 5.74) is 2.56. The van der Waals surface area contributed by atoms with Crippen molar-refractivity contribution in [1.29, 1.82) is 0 Å². The molecule has 3 nitrogen and oxygen atoms in total. The minimum Gasteiger partial charge on any atom is -0.351 e. The van der Waals surface area contributed by atoms with Crippen LogP contribution in [0.4, 0.5) is 0 Å². The lowest BCUT2D eigenvalue weighted by Crippen LogP contribution is -2.36. The maximum Gasteiger partial charge on any atom is 0.176 e. The third-order valence-electron chi connectivity index (χ3n) is 3.11. The van der Waals surface area contributed by atoms with Crippen LogP contribution < -0.4 is 5.32 Å². The second-order valence-corrected chi connectivity index (χ2v) is 4.41. The fourth-order valence-corrected chi connectivity index (χ4v) is 2.12. The van der Waals surface area contributed by atoms with E-state index in [1.807, 2.05) is 13.8 Å². The average Bonchev–Trinajstić information content (AvgIpc) is 2.45. The van der Waals surface area contributed by atoms with Gasteiger partial charge in [0.2, 0.25) is 0 Å². The Morgan fingerprint density at radius 1 is 0.947 bits per heavy atom. The lowest BCUT2D eigenvalue weighted by atomic mass is 10.0. The van der Waals surface area contributed by atoms with Crippen molar-refractivity contribution >= 4 is 0 Å². The van der Waals surface area contributed by atoms with Crippen LogP contribution in [0.1, 0.15) is 44.9 Å². The summed E-state index contributed by atoms with van der Waals surface area (Å²) >= 11 is 0. The van der Waals surface area contributed by atoms with Crippen molar-refractivity contribution in [2.75, 3.05) is 19.8 Å². The summed E-state index contributed by atoms with van der Waals surface area (Å²) in [6.07, 6.45) is 0.828. The first-order chi connectivity index (χ1) is 9.26. The van der Waals surface area contributed by atoms with Gasteiger partial charge in [0.1, 0.15) is 0 Å². The van der Waals surface area contributed by atoms with Crippen LogP contribution in [0.15, 0.2) is 24.3 Å². The van der Waals surface area contributed by atoms with Gasteiger partial charge >= 0.3 is 0 Å². The predicted octanol–water partition coefficient (Wildman–Crippen LogP) is 3.30. The highest BCUT2D eigenvalue weighted by Gasteiger charge is 2.23. The molecule has 19 heavy (non-hydrogen) atoms. The van der Waals surface area contributed by atoms with Crippen LogP contribution in [0.25, 0.3) is 0 Å². The minimum absolute atomic E-state index is 0.0795. The third kappa shape index (κ3) is 4.94. The fraction of sp³-hybridized carbons (Fsp3) is 0.625. The standard InChI is InChI=1S/C16H27NO2/c1-5-13-9-11-14(12-10-13)15(17-6-2)16(18-7-3)19-8-4/h9-12,15-17H,5-8H2,1-4H3. The zero-order valence-electron chi connectivity index (χ0n) is 12.6. The van der Waals surface area contributed by atoms with Gasteiger partial charge in [-0.25, -0.2) is 0 Å². The van der Waals surface area contributed by atoms with Gasteiger partial charge in [-0.15, -0.1) is 0 Å². The molecule has 1 aromatic rings. The minimum atomic E-state index is -0.234. The van der Waals surface area contributed by atoms with E-state index in [0.29, 0.717) is 13.2 Å². The molecule has 0 amide bonds. The molecule has 0 aromatic heterocycles. The summed E-state index contributed by atoms with van der Waals surface area (Å²) < 4.78 is 11.4. The van der Waals surface area contributed by atoms with E-state index in [4.69, 9.17) is 9.47 Å². The molecule has 1 atom stereocenters. The molecule has 1 unspecified atom stereocenters. The maximum atomic E-state index is 5.72. The summed E-state index contributed by atoms with van der Waals surface area (Å²) in [6.45, 7) is 10.4. The van der Waals surface area contributed by atoms with Crippen LogP contribution in [-0.4, -0.2) is 26.0 Å². The molecule has 0 aliphatic carbocycles. The van der Waals surface area contributed by atoms with Crippen LogP contribution in [0.3, 0.4) is 0 Å². The molecule has 0 saturated heterocycles. The highest BCUT2D eigenvalue weighted by Crippen LogP contribution is 2.21. The topological polar surface area (TPSA) is 30.5 Å². The van der Waals surface area contributed by atoms with Gasteiger partial charge in [0.25, 0.3) is 0 Å². The Bertz CT molecular complexity index is 331. The zero-order chi connectivity index (χ0) is 14.1. The average molecular weight is 265 g/mol. The molecule has 0 saturated carbocycles. The second kappa shape index (κ2) is 9.08. The molecule has 0 spiro atoms. The van der Waals surface area contributed by atoms with Gasteiger partial charge < -0.3 is 14.8 Å². The number of rotatable bonds is 9. The molecule has 1 N–H and O–H groups in total. The lowest BCUT2D eigenvalue weighted by Gasteiger charge is -2.27. The predicted molar refractivity (Wildman–Crippen MR) is 79.3 cm³/mol. The van der Waals surface area contributed by atoms with E-state index in [9.17, 15) is 0 Å². The Balaban J connectivity index is 2.88. The van der Waals surface area contributed by atoms with Gasteiger partial charge in [0, 0.05) is 13.2 Å². The van der Waals surface area contributed by atoms with Gasteiger partial charge in [-0.3, -0.25) is 0 Å². The van der Waals surface area contributed by atoms with E-state index >= 15 is 0 Å². The molecule has 3 heteroatoms. The zero-order valence-corrected chi connectivity index (χ0v) is 12.6. The Morgan fingerprint density at radius 2 is 1.53 bits per heavy atom. The summed E-state index contributed by atoms with van der Waals surface area (Å²) in [5, 5.41) is 3.46. The van der Waals surface area contributed by atoms with Gasteiger partial charge in [0.05, 0.1) is 6.04 Å². The fourth-order valence-electron chi connectivity index (χ4n) is 2.12. The monoisotopic (exact) mass is 265 g/mol. The normalized spacial score (nSPS) is 12.9. The first-order valence-corrected chi connectivity index (χ1v) is 7.32. The van der Waals surface area contributed by atoms with Crippen molar-refractivity contribution in [2.24, 2.45) is 0 Å². The first kappa shape index (κ1) is 16.2. The van der Waals surface area contributed by atoms with Gasteiger partial charge in [0.15, 0.2) is 6.29 Å². The highest BCUT2D eigenvalue weighted by atomic mass is 16.7. The third-order valence-corrected chi connectivity index (χ3v) is 3.11. The molecule has 0 radical (unpaired) electrons. The van der Waals surface area contributed by atoms with Crippen LogP contribution >= 0.6 is 0 Å². The van der Waals surface area contributed by atoms with E-state index < -0.39 is 0 Å². The van der Waals surface area contributed by atoms with Crippen LogP contribution in [-0.2, 0) is 15.9 Å².